The summed E-state index contributed by atoms with van der Waals surface area (Å²) in [7, 11) is 0. The second-order valence-electron chi connectivity index (χ2n) is 4.84. The summed E-state index contributed by atoms with van der Waals surface area (Å²) in [5.74, 6) is 0.0736. The Balaban J connectivity index is 3.55. The molecule has 4 heteroatoms. The third kappa shape index (κ3) is 9.42. The second kappa shape index (κ2) is 11.5. The molecule has 2 unspecified atom stereocenters. The van der Waals surface area contributed by atoms with Crippen LogP contribution in [0.25, 0.3) is 0 Å². The van der Waals surface area contributed by atoms with Gasteiger partial charge in [0.05, 0.1) is 12.6 Å². The summed E-state index contributed by atoms with van der Waals surface area (Å²) in [4.78, 5) is 11.8. The van der Waals surface area contributed by atoms with E-state index in [2.05, 4.69) is 24.5 Å². The fourth-order valence-corrected chi connectivity index (χ4v) is 1.66. The first-order chi connectivity index (χ1) is 8.61. The maximum Gasteiger partial charge on any atom is 0.237 e. The molecule has 0 aliphatic rings. The minimum Gasteiger partial charge on any atom is -0.380 e. The third-order valence-electron chi connectivity index (χ3n) is 2.84. The van der Waals surface area contributed by atoms with Gasteiger partial charge in [-0.2, -0.15) is 0 Å². The van der Waals surface area contributed by atoms with Crippen LogP contribution in [-0.4, -0.2) is 37.7 Å². The van der Waals surface area contributed by atoms with Crippen LogP contribution in [0.3, 0.4) is 0 Å². The lowest BCUT2D eigenvalue weighted by Gasteiger charge is -2.18. The van der Waals surface area contributed by atoms with Crippen molar-refractivity contribution in [2.75, 3.05) is 19.8 Å². The van der Waals surface area contributed by atoms with Crippen molar-refractivity contribution in [3.05, 3.63) is 0 Å². The molecule has 0 aromatic carbocycles. The zero-order valence-corrected chi connectivity index (χ0v) is 12.4. The largest absolute Gasteiger partial charge is 0.380 e. The van der Waals surface area contributed by atoms with Crippen LogP contribution in [0.15, 0.2) is 0 Å². The van der Waals surface area contributed by atoms with E-state index in [4.69, 9.17) is 4.74 Å². The molecule has 2 N–H and O–H groups in total. The Labute approximate surface area is 112 Å². The van der Waals surface area contributed by atoms with Gasteiger partial charge in [0, 0.05) is 19.2 Å². The van der Waals surface area contributed by atoms with E-state index in [1.807, 2.05) is 13.8 Å². The lowest BCUT2D eigenvalue weighted by atomic mass is 10.2. The number of rotatable bonds is 11. The first-order valence-electron chi connectivity index (χ1n) is 7.23. The molecule has 0 fully saturated rings. The molecule has 0 aromatic heterocycles. The van der Waals surface area contributed by atoms with E-state index < -0.39 is 0 Å². The molecule has 108 valence electrons. The maximum atomic E-state index is 11.8. The van der Waals surface area contributed by atoms with E-state index in [1.165, 1.54) is 0 Å². The van der Waals surface area contributed by atoms with Crippen LogP contribution in [0.2, 0.25) is 0 Å². The molecule has 2 atom stereocenters. The Morgan fingerprint density at radius 1 is 1.17 bits per heavy atom. The van der Waals surface area contributed by atoms with Gasteiger partial charge in [0.15, 0.2) is 0 Å². The van der Waals surface area contributed by atoms with Gasteiger partial charge >= 0.3 is 0 Å². The molecule has 0 aromatic rings. The standard InChI is InChI=1S/C14H30N2O2/c1-5-7-10-18-11-9-15-13(4)14(17)16-12(3)8-6-2/h12-13,15H,5-11H2,1-4H3,(H,16,17). The lowest BCUT2D eigenvalue weighted by molar-refractivity contribution is -0.123. The van der Waals surface area contributed by atoms with Crippen LogP contribution in [0.1, 0.15) is 53.4 Å². The molecule has 0 saturated carbocycles. The summed E-state index contributed by atoms with van der Waals surface area (Å²) in [5, 5.41) is 6.17. The fourth-order valence-electron chi connectivity index (χ4n) is 1.66. The van der Waals surface area contributed by atoms with Gasteiger partial charge in [-0.3, -0.25) is 4.79 Å². The van der Waals surface area contributed by atoms with Crippen molar-refractivity contribution >= 4 is 5.91 Å². The van der Waals surface area contributed by atoms with E-state index in [0.29, 0.717) is 6.61 Å². The van der Waals surface area contributed by atoms with Gasteiger partial charge in [-0.15, -0.1) is 0 Å². The first kappa shape index (κ1) is 17.4. The Hall–Kier alpha value is -0.610. The number of ether oxygens (including phenoxy) is 1. The van der Waals surface area contributed by atoms with Gasteiger partial charge in [-0.25, -0.2) is 0 Å². The summed E-state index contributed by atoms with van der Waals surface area (Å²) >= 11 is 0. The van der Waals surface area contributed by atoms with E-state index in [9.17, 15) is 4.79 Å². The Bertz CT molecular complexity index is 210. The van der Waals surface area contributed by atoms with Gasteiger partial charge in [-0.05, 0) is 26.7 Å². The molecule has 0 aliphatic heterocycles. The van der Waals surface area contributed by atoms with Gasteiger partial charge < -0.3 is 15.4 Å². The summed E-state index contributed by atoms with van der Waals surface area (Å²) in [6.45, 7) is 10.4. The number of hydrogen-bond acceptors (Lipinski definition) is 3. The minimum absolute atomic E-state index is 0.0736. The van der Waals surface area contributed by atoms with Crippen molar-refractivity contribution in [2.45, 2.75) is 65.5 Å². The summed E-state index contributed by atoms with van der Waals surface area (Å²) in [6, 6.07) is 0.103. The monoisotopic (exact) mass is 258 g/mol. The van der Waals surface area contributed by atoms with Crippen LogP contribution in [0, 0.1) is 0 Å². The van der Waals surface area contributed by atoms with Crippen molar-refractivity contribution < 1.29 is 9.53 Å². The average Bonchev–Trinajstić information content (AvgIpc) is 2.33. The van der Waals surface area contributed by atoms with Crippen molar-refractivity contribution in [2.24, 2.45) is 0 Å². The lowest BCUT2D eigenvalue weighted by Crippen LogP contribution is -2.46. The molecule has 0 spiro atoms. The Morgan fingerprint density at radius 3 is 2.50 bits per heavy atom. The number of amides is 1. The van der Waals surface area contributed by atoms with Crippen LogP contribution in [0.4, 0.5) is 0 Å². The molecule has 0 radical (unpaired) electrons. The van der Waals surface area contributed by atoms with E-state index in [1.54, 1.807) is 0 Å². The van der Waals surface area contributed by atoms with Crippen molar-refractivity contribution in [3.8, 4) is 0 Å². The highest BCUT2D eigenvalue weighted by Crippen LogP contribution is 1.95. The average molecular weight is 258 g/mol. The maximum absolute atomic E-state index is 11.8. The topological polar surface area (TPSA) is 50.4 Å². The Morgan fingerprint density at radius 2 is 1.89 bits per heavy atom. The normalized spacial score (nSPS) is 14.2. The first-order valence-corrected chi connectivity index (χ1v) is 7.23. The van der Waals surface area contributed by atoms with E-state index in [-0.39, 0.29) is 18.0 Å². The molecule has 0 bridgehead atoms. The van der Waals surface area contributed by atoms with Crippen LogP contribution < -0.4 is 10.6 Å². The number of carbonyl (C=O) groups is 1. The molecule has 4 nitrogen and oxygen atoms in total. The fraction of sp³-hybridized carbons (Fsp3) is 0.929. The quantitative estimate of drug-likeness (QED) is 0.558. The van der Waals surface area contributed by atoms with E-state index >= 15 is 0 Å². The smallest absolute Gasteiger partial charge is 0.237 e. The van der Waals surface area contributed by atoms with Crippen LogP contribution in [0.5, 0.6) is 0 Å². The predicted molar refractivity (Wildman–Crippen MR) is 75.7 cm³/mol. The second-order valence-corrected chi connectivity index (χ2v) is 4.84. The van der Waals surface area contributed by atoms with Crippen molar-refractivity contribution in [3.63, 3.8) is 0 Å². The van der Waals surface area contributed by atoms with Crippen LogP contribution in [-0.2, 0) is 9.53 Å². The van der Waals surface area contributed by atoms with Gasteiger partial charge in [0.2, 0.25) is 5.91 Å². The SMILES string of the molecule is CCCCOCCNC(C)C(=O)NC(C)CCC. The highest BCUT2D eigenvalue weighted by molar-refractivity contribution is 5.81. The number of carbonyl (C=O) groups excluding carboxylic acids is 1. The summed E-state index contributed by atoms with van der Waals surface area (Å²) < 4.78 is 5.43. The van der Waals surface area contributed by atoms with Gasteiger partial charge in [0.25, 0.3) is 0 Å². The Kier molecular flexibility index (Phi) is 11.1. The minimum atomic E-state index is -0.154. The highest BCUT2D eigenvalue weighted by atomic mass is 16.5. The van der Waals surface area contributed by atoms with Gasteiger partial charge in [-0.1, -0.05) is 26.7 Å². The molecule has 0 saturated heterocycles. The van der Waals surface area contributed by atoms with Crippen molar-refractivity contribution in [1.29, 1.82) is 0 Å². The zero-order chi connectivity index (χ0) is 13.8. The number of unbranched alkanes of at least 4 members (excludes halogenated alkanes) is 1. The van der Waals surface area contributed by atoms with Crippen LogP contribution >= 0.6 is 0 Å². The summed E-state index contributed by atoms with van der Waals surface area (Å²) in [6.07, 6.45) is 4.37. The molecule has 0 aliphatic carbocycles. The molecular weight excluding hydrogens is 228 g/mol. The summed E-state index contributed by atoms with van der Waals surface area (Å²) in [5.41, 5.74) is 0. The molecule has 1 amide bonds. The predicted octanol–water partition coefficient (Wildman–Crippen LogP) is 2.09. The zero-order valence-electron chi connectivity index (χ0n) is 12.4. The molecule has 0 heterocycles. The van der Waals surface area contributed by atoms with E-state index in [0.717, 1.165) is 38.8 Å². The number of hydrogen-bond donors (Lipinski definition) is 2. The molecular formula is C14H30N2O2. The van der Waals surface area contributed by atoms with Gasteiger partial charge in [0.1, 0.15) is 0 Å². The molecule has 0 rings (SSSR count). The third-order valence-corrected chi connectivity index (χ3v) is 2.84. The molecule has 18 heavy (non-hydrogen) atoms. The highest BCUT2D eigenvalue weighted by Gasteiger charge is 2.13. The van der Waals surface area contributed by atoms with Crippen molar-refractivity contribution in [1.82, 2.24) is 10.6 Å². The number of nitrogens with one attached hydrogen (secondary N) is 2.